The number of para-hydroxylation sites is 1. The highest BCUT2D eigenvalue weighted by Crippen LogP contribution is 2.46. The minimum Gasteiger partial charge on any atom is -0.497 e. The number of thioether (sulfide) groups is 1. The van der Waals surface area contributed by atoms with Crippen molar-refractivity contribution in [1.82, 2.24) is 0 Å². The van der Waals surface area contributed by atoms with Gasteiger partial charge in [-0.05, 0) is 54.8 Å². The Bertz CT molecular complexity index is 986. The molecule has 0 bridgehead atoms. The third-order valence-corrected chi connectivity index (χ3v) is 6.72. The molecule has 5 heteroatoms. The van der Waals surface area contributed by atoms with Crippen LogP contribution in [0.25, 0.3) is 0 Å². The van der Waals surface area contributed by atoms with Gasteiger partial charge in [0.05, 0.1) is 12.8 Å². The fraction of sp³-hybridized carbons (Fsp3) is 0.250. The summed E-state index contributed by atoms with van der Waals surface area (Å²) in [4.78, 5) is 3.25. The number of hydrogen-bond acceptors (Lipinski definition) is 3. The normalized spacial score (nSPS) is 16.3. The summed E-state index contributed by atoms with van der Waals surface area (Å²) in [6, 6.07) is 18.4. The minimum atomic E-state index is -0.497. The fourth-order valence-corrected chi connectivity index (χ4v) is 5.20. The van der Waals surface area contributed by atoms with Gasteiger partial charge in [0.25, 0.3) is 0 Å². The zero-order valence-corrected chi connectivity index (χ0v) is 17.3. The monoisotopic (exact) mass is 411 g/mol. The SMILES string of the molecule is COc1ccc([C@@H]2CCN(Cc3c(F)cccc3F)c3c(C)cccc3S2)cc1. The van der Waals surface area contributed by atoms with E-state index in [9.17, 15) is 8.78 Å². The number of ether oxygens (including phenoxy) is 1. The number of rotatable bonds is 4. The van der Waals surface area contributed by atoms with Gasteiger partial charge in [-0.3, -0.25) is 0 Å². The third kappa shape index (κ3) is 4.10. The quantitative estimate of drug-likeness (QED) is 0.485. The van der Waals surface area contributed by atoms with Gasteiger partial charge in [-0.1, -0.05) is 30.3 Å². The van der Waals surface area contributed by atoms with Crippen LogP contribution in [0.4, 0.5) is 14.5 Å². The molecule has 0 saturated heterocycles. The van der Waals surface area contributed by atoms with Gasteiger partial charge in [-0.25, -0.2) is 8.78 Å². The molecule has 1 atom stereocenters. The van der Waals surface area contributed by atoms with Crippen molar-refractivity contribution in [2.24, 2.45) is 0 Å². The van der Waals surface area contributed by atoms with Crippen molar-refractivity contribution in [3.63, 3.8) is 0 Å². The van der Waals surface area contributed by atoms with Crippen LogP contribution in [-0.2, 0) is 6.54 Å². The van der Waals surface area contributed by atoms with Gasteiger partial charge in [-0.2, -0.15) is 0 Å². The summed E-state index contributed by atoms with van der Waals surface area (Å²) in [6.07, 6.45) is 0.876. The molecule has 1 aliphatic heterocycles. The maximum absolute atomic E-state index is 14.3. The predicted molar refractivity (Wildman–Crippen MR) is 115 cm³/mol. The summed E-state index contributed by atoms with van der Waals surface area (Å²) in [7, 11) is 1.66. The van der Waals surface area contributed by atoms with E-state index in [1.54, 1.807) is 7.11 Å². The lowest BCUT2D eigenvalue weighted by Crippen LogP contribution is -2.26. The first-order chi connectivity index (χ1) is 14.1. The molecule has 0 fully saturated rings. The Morgan fingerprint density at radius 3 is 2.38 bits per heavy atom. The van der Waals surface area contributed by atoms with E-state index in [0.29, 0.717) is 0 Å². The third-order valence-electron chi connectivity index (χ3n) is 5.35. The zero-order valence-electron chi connectivity index (χ0n) is 16.5. The van der Waals surface area contributed by atoms with Gasteiger partial charge in [0.1, 0.15) is 17.4 Å². The summed E-state index contributed by atoms with van der Waals surface area (Å²) in [5.41, 5.74) is 3.52. The van der Waals surface area contributed by atoms with Crippen LogP contribution in [0, 0.1) is 18.6 Å². The molecule has 3 aromatic carbocycles. The standard InChI is InChI=1S/C24H23F2NOS/c1-16-5-3-8-23-24(16)27(15-19-20(25)6-4-7-21(19)26)14-13-22(29-23)17-9-11-18(28-2)12-10-17/h3-12,22H,13-15H2,1-2H3/t22-/m0/s1. The first-order valence-electron chi connectivity index (χ1n) is 9.65. The number of anilines is 1. The highest BCUT2D eigenvalue weighted by atomic mass is 32.2. The topological polar surface area (TPSA) is 12.5 Å². The van der Waals surface area contributed by atoms with Crippen LogP contribution in [0.1, 0.15) is 28.4 Å². The minimum absolute atomic E-state index is 0.120. The van der Waals surface area contributed by atoms with Gasteiger partial charge >= 0.3 is 0 Å². The molecule has 3 aromatic rings. The van der Waals surface area contributed by atoms with Crippen LogP contribution < -0.4 is 9.64 Å². The van der Waals surface area contributed by atoms with E-state index in [1.807, 2.05) is 30.0 Å². The molecule has 0 spiro atoms. The van der Waals surface area contributed by atoms with Crippen molar-refractivity contribution in [2.45, 2.75) is 30.0 Å². The van der Waals surface area contributed by atoms with Crippen molar-refractivity contribution >= 4 is 17.4 Å². The number of hydrogen-bond donors (Lipinski definition) is 0. The Hall–Kier alpha value is -2.53. The molecule has 1 heterocycles. The lowest BCUT2D eigenvalue weighted by Gasteiger charge is -2.27. The number of fused-ring (bicyclic) bond motifs is 1. The first kappa shape index (κ1) is 19.8. The summed E-state index contributed by atoms with van der Waals surface area (Å²) in [5.74, 6) is -0.159. The van der Waals surface area contributed by atoms with Crippen LogP contribution in [-0.4, -0.2) is 13.7 Å². The molecule has 0 aliphatic carbocycles. The molecule has 0 radical (unpaired) electrons. The van der Waals surface area contributed by atoms with Gasteiger partial charge in [0.2, 0.25) is 0 Å². The molecule has 29 heavy (non-hydrogen) atoms. The van der Waals surface area contributed by atoms with E-state index in [4.69, 9.17) is 4.74 Å². The number of benzene rings is 3. The first-order valence-corrected chi connectivity index (χ1v) is 10.5. The molecule has 150 valence electrons. The molecule has 0 unspecified atom stereocenters. The lowest BCUT2D eigenvalue weighted by atomic mass is 10.1. The molecular formula is C24H23F2NOS. The van der Waals surface area contributed by atoms with Gasteiger partial charge in [-0.15, -0.1) is 11.8 Å². The van der Waals surface area contributed by atoms with E-state index in [1.165, 1.54) is 23.8 Å². The van der Waals surface area contributed by atoms with Crippen molar-refractivity contribution < 1.29 is 13.5 Å². The molecule has 0 amide bonds. The summed E-state index contributed by atoms with van der Waals surface area (Å²) in [5, 5.41) is 0.261. The molecular weight excluding hydrogens is 388 g/mol. The average molecular weight is 412 g/mol. The van der Waals surface area contributed by atoms with E-state index >= 15 is 0 Å². The maximum atomic E-state index is 14.3. The Balaban J connectivity index is 1.68. The number of methoxy groups -OCH3 is 1. The van der Waals surface area contributed by atoms with Crippen molar-refractivity contribution in [3.8, 4) is 5.75 Å². The molecule has 0 aromatic heterocycles. The van der Waals surface area contributed by atoms with Crippen LogP contribution in [0.15, 0.2) is 65.6 Å². The fourth-order valence-electron chi connectivity index (χ4n) is 3.82. The second kappa shape index (κ2) is 8.46. The maximum Gasteiger partial charge on any atom is 0.131 e. The zero-order chi connectivity index (χ0) is 20.4. The van der Waals surface area contributed by atoms with Crippen LogP contribution >= 0.6 is 11.8 Å². The van der Waals surface area contributed by atoms with Crippen molar-refractivity contribution in [3.05, 3.63) is 89.0 Å². The number of nitrogens with zero attached hydrogens (tertiary/aromatic N) is 1. The molecule has 1 aliphatic rings. The van der Waals surface area contributed by atoms with Gasteiger partial charge in [0, 0.05) is 28.8 Å². The highest BCUT2D eigenvalue weighted by molar-refractivity contribution is 7.99. The van der Waals surface area contributed by atoms with E-state index in [-0.39, 0.29) is 17.4 Å². The van der Waals surface area contributed by atoms with Gasteiger partial charge < -0.3 is 9.64 Å². The van der Waals surface area contributed by atoms with Gasteiger partial charge in [0.15, 0.2) is 0 Å². The Morgan fingerprint density at radius 1 is 1.00 bits per heavy atom. The highest BCUT2D eigenvalue weighted by Gasteiger charge is 2.26. The molecule has 4 rings (SSSR count). The van der Waals surface area contributed by atoms with Crippen LogP contribution in [0.5, 0.6) is 5.75 Å². The predicted octanol–water partition coefficient (Wildman–Crippen LogP) is 6.53. The van der Waals surface area contributed by atoms with Crippen molar-refractivity contribution in [2.75, 3.05) is 18.6 Å². The molecule has 2 nitrogen and oxygen atoms in total. The van der Waals surface area contributed by atoms with E-state index in [0.717, 1.165) is 34.9 Å². The molecule has 0 saturated carbocycles. The Kier molecular flexibility index (Phi) is 5.76. The largest absolute Gasteiger partial charge is 0.497 e. The molecule has 0 N–H and O–H groups in total. The number of aryl methyl sites for hydroxylation is 1. The van der Waals surface area contributed by atoms with Crippen molar-refractivity contribution in [1.29, 1.82) is 0 Å². The van der Waals surface area contributed by atoms with E-state index in [2.05, 4.69) is 36.1 Å². The smallest absolute Gasteiger partial charge is 0.131 e. The summed E-state index contributed by atoms with van der Waals surface area (Å²) >= 11 is 1.81. The summed E-state index contributed by atoms with van der Waals surface area (Å²) < 4.78 is 33.9. The number of halogens is 2. The van der Waals surface area contributed by atoms with Crippen LogP contribution in [0.3, 0.4) is 0 Å². The second-order valence-corrected chi connectivity index (χ2v) is 8.46. The Labute approximate surface area is 174 Å². The van der Waals surface area contributed by atoms with Crippen LogP contribution in [0.2, 0.25) is 0 Å². The summed E-state index contributed by atoms with van der Waals surface area (Å²) in [6.45, 7) is 2.99. The van der Waals surface area contributed by atoms with E-state index < -0.39 is 11.6 Å². The lowest BCUT2D eigenvalue weighted by molar-refractivity contribution is 0.414. The second-order valence-electron chi connectivity index (χ2n) is 7.21. The Morgan fingerprint density at radius 2 is 1.69 bits per heavy atom. The average Bonchev–Trinajstić information content (AvgIpc) is 2.91.